The smallest absolute Gasteiger partial charge is 0.172 e. The van der Waals surface area contributed by atoms with Gasteiger partial charge in [-0.1, -0.05) is 6.07 Å². The van der Waals surface area contributed by atoms with Gasteiger partial charge in [-0.15, -0.1) is 5.10 Å². The molecule has 0 aliphatic rings. The first kappa shape index (κ1) is 15.9. The molecule has 0 atom stereocenters. The fourth-order valence-electron chi connectivity index (χ4n) is 2.46. The monoisotopic (exact) mass is 352 g/mol. The van der Waals surface area contributed by atoms with Gasteiger partial charge in [0.25, 0.3) is 0 Å². The summed E-state index contributed by atoms with van der Waals surface area (Å²) in [5.41, 5.74) is 0.816. The van der Waals surface area contributed by atoms with Gasteiger partial charge in [-0.05, 0) is 29.5 Å². The van der Waals surface area contributed by atoms with Crippen molar-refractivity contribution in [3.8, 4) is 11.4 Å². The van der Waals surface area contributed by atoms with Crippen molar-refractivity contribution in [2.75, 3.05) is 0 Å². The first-order valence-electron chi connectivity index (χ1n) is 8.03. The average Bonchev–Trinajstić information content (AvgIpc) is 3.42. The highest BCUT2D eigenvalue weighted by atomic mass is 16.5. The van der Waals surface area contributed by atoms with Crippen LogP contribution in [0.3, 0.4) is 0 Å². The molecule has 11 nitrogen and oxygen atoms in total. The SMILES string of the molecule is CCn1nc(Cn2cncn2)nc1COc1cccc(-n2cnnn2)c1. The summed E-state index contributed by atoms with van der Waals surface area (Å²) in [6.07, 6.45) is 4.65. The van der Waals surface area contributed by atoms with Crippen molar-refractivity contribution in [1.29, 1.82) is 0 Å². The number of rotatable bonds is 7. The summed E-state index contributed by atoms with van der Waals surface area (Å²) < 4.78 is 10.9. The molecule has 3 heterocycles. The van der Waals surface area contributed by atoms with Gasteiger partial charge >= 0.3 is 0 Å². The molecule has 4 aromatic rings. The van der Waals surface area contributed by atoms with Crippen LogP contribution in [0.1, 0.15) is 18.6 Å². The Bertz CT molecular complexity index is 960. The van der Waals surface area contributed by atoms with Crippen LogP contribution in [-0.2, 0) is 19.7 Å². The summed E-state index contributed by atoms with van der Waals surface area (Å²) in [7, 11) is 0. The highest BCUT2D eigenvalue weighted by Gasteiger charge is 2.11. The van der Waals surface area contributed by atoms with Crippen molar-refractivity contribution >= 4 is 0 Å². The van der Waals surface area contributed by atoms with Crippen LogP contribution in [0.5, 0.6) is 5.75 Å². The van der Waals surface area contributed by atoms with Crippen LogP contribution >= 0.6 is 0 Å². The summed E-state index contributed by atoms with van der Waals surface area (Å²) in [4.78, 5) is 8.47. The Morgan fingerprint density at radius 3 is 2.92 bits per heavy atom. The minimum atomic E-state index is 0.303. The molecule has 11 heteroatoms. The fraction of sp³-hybridized carbons (Fsp3) is 0.267. The molecule has 0 spiro atoms. The highest BCUT2D eigenvalue weighted by molar-refractivity contribution is 5.37. The number of benzene rings is 1. The van der Waals surface area contributed by atoms with E-state index in [0.29, 0.717) is 31.3 Å². The first-order valence-corrected chi connectivity index (χ1v) is 8.03. The van der Waals surface area contributed by atoms with Gasteiger partial charge in [0.1, 0.15) is 37.9 Å². The quantitative estimate of drug-likeness (QED) is 0.472. The summed E-state index contributed by atoms with van der Waals surface area (Å²) >= 11 is 0. The Balaban J connectivity index is 1.47. The number of ether oxygens (including phenoxy) is 1. The number of hydrogen-bond donors (Lipinski definition) is 0. The number of aryl methyl sites for hydroxylation is 1. The van der Waals surface area contributed by atoms with Crippen molar-refractivity contribution in [3.05, 3.63) is 54.9 Å². The molecule has 0 radical (unpaired) electrons. The zero-order valence-electron chi connectivity index (χ0n) is 14.0. The topological polar surface area (TPSA) is 114 Å². The lowest BCUT2D eigenvalue weighted by atomic mass is 10.3. The molecule has 1 aromatic carbocycles. The van der Waals surface area contributed by atoms with Crippen LogP contribution in [-0.4, -0.2) is 49.7 Å². The van der Waals surface area contributed by atoms with Gasteiger partial charge in [0.2, 0.25) is 0 Å². The molecule has 0 unspecified atom stereocenters. The van der Waals surface area contributed by atoms with Crippen molar-refractivity contribution in [2.24, 2.45) is 0 Å². The normalized spacial score (nSPS) is 11.0. The minimum absolute atomic E-state index is 0.303. The molecular formula is C15H16N10O. The maximum atomic E-state index is 5.88. The number of tetrazole rings is 1. The Kier molecular flexibility index (Phi) is 4.33. The van der Waals surface area contributed by atoms with Crippen molar-refractivity contribution in [3.63, 3.8) is 0 Å². The third-order valence-corrected chi connectivity index (χ3v) is 3.66. The van der Waals surface area contributed by atoms with E-state index in [1.54, 1.807) is 15.7 Å². The van der Waals surface area contributed by atoms with Crippen molar-refractivity contribution in [1.82, 2.24) is 49.7 Å². The van der Waals surface area contributed by atoms with Crippen LogP contribution in [0.15, 0.2) is 43.2 Å². The first-order chi connectivity index (χ1) is 12.8. The largest absolute Gasteiger partial charge is 0.486 e. The molecule has 0 saturated heterocycles. The van der Waals surface area contributed by atoms with Gasteiger partial charge in [-0.2, -0.15) is 10.2 Å². The highest BCUT2D eigenvalue weighted by Crippen LogP contribution is 2.17. The van der Waals surface area contributed by atoms with Gasteiger partial charge in [0.15, 0.2) is 11.6 Å². The second kappa shape index (κ2) is 7.09. The molecule has 3 aromatic heterocycles. The number of aromatic nitrogens is 10. The van der Waals surface area contributed by atoms with Crippen molar-refractivity contribution < 1.29 is 4.74 Å². The molecule has 0 saturated carbocycles. The zero-order chi connectivity index (χ0) is 17.8. The summed E-state index contributed by atoms with van der Waals surface area (Å²) in [5.74, 6) is 2.11. The van der Waals surface area contributed by atoms with E-state index in [2.05, 4.69) is 35.7 Å². The van der Waals surface area contributed by atoms with Crippen LogP contribution < -0.4 is 4.74 Å². The van der Waals surface area contributed by atoms with Crippen LogP contribution in [0.25, 0.3) is 5.69 Å². The van der Waals surface area contributed by atoms with E-state index in [1.807, 2.05) is 35.9 Å². The molecule has 0 bridgehead atoms. The Morgan fingerprint density at radius 2 is 2.15 bits per heavy atom. The molecule has 26 heavy (non-hydrogen) atoms. The minimum Gasteiger partial charge on any atom is -0.486 e. The lowest BCUT2D eigenvalue weighted by molar-refractivity contribution is 0.287. The van der Waals surface area contributed by atoms with Gasteiger partial charge in [-0.3, -0.25) is 0 Å². The van der Waals surface area contributed by atoms with E-state index in [4.69, 9.17) is 4.74 Å². The van der Waals surface area contributed by atoms with Crippen LogP contribution in [0, 0.1) is 0 Å². The average molecular weight is 352 g/mol. The zero-order valence-corrected chi connectivity index (χ0v) is 14.0. The second-order valence-corrected chi connectivity index (χ2v) is 5.39. The molecule has 4 rings (SSSR count). The van der Waals surface area contributed by atoms with Crippen LogP contribution in [0.2, 0.25) is 0 Å². The predicted octanol–water partition coefficient (Wildman–Crippen LogP) is 0.492. The maximum absolute atomic E-state index is 5.88. The molecule has 0 amide bonds. The number of nitrogens with zero attached hydrogens (tertiary/aromatic N) is 10. The Morgan fingerprint density at radius 1 is 1.19 bits per heavy atom. The van der Waals surface area contributed by atoms with E-state index in [9.17, 15) is 0 Å². The molecule has 0 fully saturated rings. The number of hydrogen-bond acceptors (Lipinski definition) is 8. The van der Waals surface area contributed by atoms with E-state index in [-0.39, 0.29) is 0 Å². The third-order valence-electron chi connectivity index (χ3n) is 3.66. The van der Waals surface area contributed by atoms with Gasteiger partial charge in [0.05, 0.1) is 5.69 Å². The van der Waals surface area contributed by atoms with Gasteiger partial charge < -0.3 is 4.74 Å². The van der Waals surface area contributed by atoms with E-state index >= 15 is 0 Å². The van der Waals surface area contributed by atoms with Gasteiger partial charge in [0, 0.05) is 12.6 Å². The van der Waals surface area contributed by atoms with E-state index in [1.165, 1.54) is 12.7 Å². The molecular weight excluding hydrogens is 336 g/mol. The Labute approximate surface area is 148 Å². The molecule has 0 N–H and O–H groups in total. The van der Waals surface area contributed by atoms with Crippen LogP contribution in [0.4, 0.5) is 0 Å². The van der Waals surface area contributed by atoms with E-state index in [0.717, 1.165) is 11.5 Å². The van der Waals surface area contributed by atoms with Crippen molar-refractivity contribution in [2.45, 2.75) is 26.6 Å². The van der Waals surface area contributed by atoms with Gasteiger partial charge in [-0.25, -0.2) is 24.0 Å². The lowest BCUT2D eigenvalue weighted by Gasteiger charge is -2.07. The molecule has 0 aliphatic heterocycles. The maximum Gasteiger partial charge on any atom is 0.172 e. The predicted molar refractivity (Wildman–Crippen MR) is 88.3 cm³/mol. The summed E-state index contributed by atoms with van der Waals surface area (Å²) in [5, 5.41) is 19.7. The summed E-state index contributed by atoms with van der Waals surface area (Å²) in [6, 6.07) is 7.51. The lowest BCUT2D eigenvalue weighted by Crippen LogP contribution is -2.07. The second-order valence-electron chi connectivity index (χ2n) is 5.39. The Hall–Kier alpha value is -3.63. The third kappa shape index (κ3) is 3.41. The fourth-order valence-corrected chi connectivity index (χ4v) is 2.46. The summed E-state index contributed by atoms with van der Waals surface area (Å²) in [6.45, 7) is 3.48. The van der Waals surface area contributed by atoms with E-state index < -0.39 is 0 Å². The molecule has 132 valence electrons. The molecule has 0 aliphatic carbocycles. The standard InChI is InChI=1S/C15H16N10O/c1-2-24-15(19-14(20-24)7-23-10-16-9-18-23)8-26-13-5-3-4-12(6-13)25-11-17-21-22-25/h3-6,9-11H,2,7-8H2,1H3.